The van der Waals surface area contributed by atoms with E-state index in [9.17, 15) is 14.4 Å². The van der Waals surface area contributed by atoms with Gasteiger partial charge in [-0.3, -0.25) is 14.5 Å². The second-order valence-electron chi connectivity index (χ2n) is 8.53. The third-order valence-corrected chi connectivity index (χ3v) is 7.85. The highest BCUT2D eigenvalue weighted by Crippen LogP contribution is 2.43. The largest absolute Gasteiger partial charge is 0.457 e. The van der Waals surface area contributed by atoms with Crippen molar-refractivity contribution in [1.82, 2.24) is 4.98 Å². The van der Waals surface area contributed by atoms with Gasteiger partial charge < -0.3 is 9.15 Å². The molecule has 1 atom stereocenters. The summed E-state index contributed by atoms with van der Waals surface area (Å²) in [4.78, 5) is 46.4. The molecule has 182 valence electrons. The Labute approximate surface area is 219 Å². The van der Waals surface area contributed by atoms with Crippen LogP contribution in [0.25, 0.3) is 11.0 Å². The second kappa shape index (κ2) is 9.15. The minimum atomic E-state index is -0.773. The Bertz CT molecular complexity index is 1620. The molecule has 0 aliphatic carbocycles. The van der Waals surface area contributed by atoms with Gasteiger partial charge in [0.15, 0.2) is 10.6 Å². The first-order valence-corrected chi connectivity index (χ1v) is 12.7. The van der Waals surface area contributed by atoms with Crippen LogP contribution < -0.4 is 10.3 Å². The number of anilines is 1. The van der Waals surface area contributed by atoms with Crippen molar-refractivity contribution in [2.45, 2.75) is 26.8 Å². The molecule has 0 saturated carbocycles. The van der Waals surface area contributed by atoms with Gasteiger partial charge >= 0.3 is 5.97 Å². The quantitative estimate of drug-likeness (QED) is 0.217. The number of halogens is 1. The van der Waals surface area contributed by atoms with Gasteiger partial charge in [-0.05, 0) is 61.7 Å². The first-order valence-electron chi connectivity index (χ1n) is 11.1. The number of hydrogen-bond acceptors (Lipinski definition) is 7. The smallest absolute Gasteiger partial charge is 0.350 e. The molecule has 2 aromatic carbocycles. The first kappa shape index (κ1) is 24.1. The Morgan fingerprint density at radius 1 is 1.19 bits per heavy atom. The van der Waals surface area contributed by atoms with E-state index in [4.69, 9.17) is 9.15 Å². The van der Waals surface area contributed by atoms with E-state index in [0.717, 1.165) is 26.9 Å². The highest BCUT2D eigenvalue weighted by molar-refractivity contribution is 9.10. The molecule has 1 aliphatic heterocycles. The van der Waals surface area contributed by atoms with Crippen molar-refractivity contribution in [1.29, 1.82) is 0 Å². The number of benzene rings is 2. The van der Waals surface area contributed by atoms with Crippen LogP contribution in [0.1, 0.15) is 54.2 Å². The number of fused-ring (bicyclic) bond motifs is 2. The third-order valence-electron chi connectivity index (χ3n) is 6.18. The molecule has 5 rings (SSSR count). The molecule has 1 aliphatic rings. The van der Waals surface area contributed by atoms with Gasteiger partial charge in [-0.1, -0.05) is 52.1 Å². The average Bonchev–Trinajstić information content (AvgIpc) is 3.37. The molecule has 0 N–H and O–H groups in total. The maximum absolute atomic E-state index is 13.8. The summed E-state index contributed by atoms with van der Waals surface area (Å²) in [6, 6.07) is 10.2. The summed E-state index contributed by atoms with van der Waals surface area (Å²) in [5.41, 5.74) is 3.39. The summed E-state index contributed by atoms with van der Waals surface area (Å²) < 4.78 is 12.1. The zero-order valence-corrected chi connectivity index (χ0v) is 22.2. The highest BCUT2D eigenvalue weighted by atomic mass is 79.9. The summed E-state index contributed by atoms with van der Waals surface area (Å²) in [7, 11) is 0. The van der Waals surface area contributed by atoms with Gasteiger partial charge in [-0.15, -0.1) is 0 Å². The molecule has 36 heavy (non-hydrogen) atoms. The average molecular weight is 565 g/mol. The van der Waals surface area contributed by atoms with Gasteiger partial charge in [0, 0.05) is 4.47 Å². The third kappa shape index (κ3) is 3.88. The van der Waals surface area contributed by atoms with Gasteiger partial charge in [-0.25, -0.2) is 9.78 Å². The zero-order valence-electron chi connectivity index (χ0n) is 19.8. The molecular formula is C27H21BrN2O5S. The van der Waals surface area contributed by atoms with Crippen LogP contribution in [0.3, 0.4) is 0 Å². The second-order valence-corrected chi connectivity index (χ2v) is 10.4. The number of ether oxygens (including phenoxy) is 1. The summed E-state index contributed by atoms with van der Waals surface area (Å²) in [6.07, 6.45) is 1.48. The maximum Gasteiger partial charge on any atom is 0.350 e. The molecule has 7 nitrogen and oxygen atoms in total. The number of nitrogens with zero attached hydrogens (tertiary/aromatic N) is 2. The van der Waals surface area contributed by atoms with E-state index in [1.807, 2.05) is 38.1 Å². The van der Waals surface area contributed by atoms with E-state index >= 15 is 0 Å². The maximum atomic E-state index is 13.8. The topological polar surface area (TPSA) is 89.7 Å². The lowest BCUT2D eigenvalue weighted by Crippen LogP contribution is -2.29. The highest BCUT2D eigenvalue weighted by Gasteiger charge is 2.45. The number of hydrogen-bond donors (Lipinski definition) is 0. The number of aromatic nitrogens is 1. The SMILES string of the molecule is C=CCOC(=O)c1sc(N2C(=O)c3oc4cc(C)c(C)cc4c(=O)c3C2c2ccc(Br)cc2)nc1C. The van der Waals surface area contributed by atoms with Crippen LogP contribution >= 0.6 is 27.3 Å². The predicted molar refractivity (Wildman–Crippen MR) is 142 cm³/mol. The van der Waals surface area contributed by atoms with Gasteiger partial charge in [0.25, 0.3) is 5.91 Å². The van der Waals surface area contributed by atoms with Gasteiger partial charge in [0.05, 0.1) is 22.7 Å². The van der Waals surface area contributed by atoms with Crippen molar-refractivity contribution >= 4 is 55.2 Å². The van der Waals surface area contributed by atoms with E-state index < -0.39 is 17.9 Å². The Kier molecular flexibility index (Phi) is 6.13. The number of carbonyl (C=O) groups excluding carboxylic acids is 2. The number of amides is 1. The monoisotopic (exact) mass is 564 g/mol. The molecule has 3 heterocycles. The molecule has 0 spiro atoms. The Hall–Kier alpha value is -3.56. The Morgan fingerprint density at radius 2 is 1.89 bits per heavy atom. The molecule has 1 unspecified atom stereocenters. The number of aryl methyl sites for hydroxylation is 3. The van der Waals surface area contributed by atoms with Crippen molar-refractivity contribution < 1.29 is 18.7 Å². The number of esters is 1. The Morgan fingerprint density at radius 3 is 2.58 bits per heavy atom. The van der Waals surface area contributed by atoms with Crippen LogP contribution in [-0.2, 0) is 4.74 Å². The lowest BCUT2D eigenvalue weighted by atomic mass is 9.98. The molecule has 9 heteroatoms. The number of rotatable bonds is 5. The molecule has 0 fully saturated rings. The fraction of sp³-hybridized carbons (Fsp3) is 0.185. The number of carbonyl (C=O) groups is 2. The minimum Gasteiger partial charge on any atom is -0.457 e. The van der Waals surface area contributed by atoms with E-state index in [2.05, 4.69) is 27.5 Å². The van der Waals surface area contributed by atoms with Crippen molar-refractivity contribution in [3.8, 4) is 0 Å². The Balaban J connectivity index is 1.73. The van der Waals surface area contributed by atoms with Crippen molar-refractivity contribution in [2.75, 3.05) is 11.5 Å². The van der Waals surface area contributed by atoms with Crippen LogP contribution in [0.15, 0.2) is 62.7 Å². The number of thiazole rings is 1. The summed E-state index contributed by atoms with van der Waals surface area (Å²) >= 11 is 4.48. The van der Waals surface area contributed by atoms with Crippen LogP contribution in [0.4, 0.5) is 5.13 Å². The molecular weight excluding hydrogens is 544 g/mol. The van der Waals surface area contributed by atoms with E-state index in [0.29, 0.717) is 22.2 Å². The summed E-state index contributed by atoms with van der Waals surface area (Å²) in [5.74, 6) is -1.06. The molecule has 0 bridgehead atoms. The van der Waals surface area contributed by atoms with Crippen LogP contribution in [0, 0.1) is 20.8 Å². The predicted octanol–water partition coefficient (Wildman–Crippen LogP) is 6.03. The first-order chi connectivity index (χ1) is 17.2. The van der Waals surface area contributed by atoms with Crippen molar-refractivity contribution in [3.63, 3.8) is 0 Å². The standard InChI is InChI=1S/C27H21BrN2O5S/c1-5-10-34-26(33)24-15(4)29-27(36-24)30-21(16-6-8-17(28)9-7-16)20-22(31)18-11-13(2)14(3)12-19(18)35-23(20)25(30)32/h5-9,11-12,21H,1,10H2,2-4H3. The van der Waals surface area contributed by atoms with E-state index in [1.165, 1.54) is 11.0 Å². The molecule has 1 amide bonds. The molecule has 4 aromatic rings. The normalized spacial score (nSPS) is 14.8. The van der Waals surface area contributed by atoms with Gasteiger partial charge in [0.2, 0.25) is 5.76 Å². The summed E-state index contributed by atoms with van der Waals surface area (Å²) in [5, 5.41) is 0.691. The fourth-order valence-electron chi connectivity index (χ4n) is 4.26. The fourth-order valence-corrected chi connectivity index (χ4v) is 5.51. The molecule has 2 aromatic heterocycles. The molecule has 0 radical (unpaired) electrons. The van der Waals surface area contributed by atoms with Gasteiger partial charge in [0.1, 0.15) is 17.1 Å². The summed E-state index contributed by atoms with van der Waals surface area (Å²) in [6.45, 7) is 9.14. The molecule has 0 saturated heterocycles. The van der Waals surface area contributed by atoms with Crippen LogP contribution in [-0.4, -0.2) is 23.5 Å². The van der Waals surface area contributed by atoms with E-state index in [-0.39, 0.29) is 33.4 Å². The lowest BCUT2D eigenvalue weighted by molar-refractivity contribution is 0.0554. The van der Waals surface area contributed by atoms with Crippen LogP contribution in [0.2, 0.25) is 0 Å². The zero-order chi connectivity index (χ0) is 25.7. The minimum absolute atomic E-state index is 0.0210. The van der Waals surface area contributed by atoms with Gasteiger partial charge in [-0.2, -0.15) is 0 Å². The van der Waals surface area contributed by atoms with Crippen LogP contribution in [0.5, 0.6) is 0 Å². The van der Waals surface area contributed by atoms with Crippen molar-refractivity contribution in [3.05, 3.63) is 102 Å². The van der Waals surface area contributed by atoms with E-state index in [1.54, 1.807) is 19.1 Å². The van der Waals surface area contributed by atoms with Crippen molar-refractivity contribution in [2.24, 2.45) is 0 Å². The lowest BCUT2D eigenvalue weighted by Gasteiger charge is -2.22.